The van der Waals surface area contributed by atoms with Crippen LogP contribution < -0.4 is 14.4 Å². The van der Waals surface area contributed by atoms with Crippen LogP contribution in [0.4, 0.5) is 5.69 Å². The molecule has 4 rings (SSSR count). The van der Waals surface area contributed by atoms with E-state index in [9.17, 15) is 18.0 Å². The van der Waals surface area contributed by atoms with Gasteiger partial charge in [-0.25, -0.2) is 8.42 Å². The minimum Gasteiger partial charge on any atom is -0.497 e. The number of carbonyl (C=O) groups excluding carboxylic acids is 2. The van der Waals surface area contributed by atoms with E-state index in [-0.39, 0.29) is 23.8 Å². The maximum absolute atomic E-state index is 14.2. The minimum absolute atomic E-state index is 0.0585. The molecule has 0 aliphatic rings. The number of likely N-dealkylation sites (N-methyl/N-ethyl adjacent to an activating group) is 1. The first-order valence-electron chi connectivity index (χ1n) is 13.1. The number of sulfonamides is 1. The molecule has 0 aromatic heterocycles. The molecule has 1 N–H and O–H groups in total. The van der Waals surface area contributed by atoms with Gasteiger partial charge in [0.15, 0.2) is 0 Å². The lowest BCUT2D eigenvalue weighted by molar-refractivity contribution is -0.139. The highest BCUT2D eigenvalue weighted by Gasteiger charge is 2.34. The lowest BCUT2D eigenvalue weighted by Crippen LogP contribution is -2.53. The standard InChI is InChI=1S/C32H33N3O5S/c1-33-32(37)30(22-25-13-6-3-7-14-25)34(23-26-15-12-18-28(21-26)40-2)31(36)24-35(27-16-8-4-9-17-27)41(38,39)29-19-10-5-11-20-29/h3-21,30H,22-24H2,1-2H3,(H,33,37)/t30-/m0/s1. The molecule has 0 spiro atoms. The molecular weight excluding hydrogens is 538 g/mol. The number of anilines is 1. The predicted octanol–water partition coefficient (Wildman–Crippen LogP) is 4.28. The highest BCUT2D eigenvalue weighted by molar-refractivity contribution is 7.92. The first kappa shape index (κ1) is 29.4. The summed E-state index contributed by atoms with van der Waals surface area (Å²) in [7, 11) is -1.04. The fraction of sp³-hybridized carbons (Fsp3) is 0.188. The van der Waals surface area contributed by atoms with Gasteiger partial charge in [-0.3, -0.25) is 13.9 Å². The average Bonchev–Trinajstić information content (AvgIpc) is 3.02. The third kappa shape index (κ3) is 7.32. The monoisotopic (exact) mass is 571 g/mol. The summed E-state index contributed by atoms with van der Waals surface area (Å²) >= 11 is 0. The van der Waals surface area contributed by atoms with E-state index in [4.69, 9.17) is 4.74 Å². The van der Waals surface area contributed by atoms with E-state index in [0.29, 0.717) is 11.4 Å². The zero-order chi connectivity index (χ0) is 29.2. The summed E-state index contributed by atoms with van der Waals surface area (Å²) in [6.45, 7) is -0.442. The van der Waals surface area contributed by atoms with Crippen molar-refractivity contribution in [2.45, 2.75) is 23.9 Å². The Kier molecular flexibility index (Phi) is 9.76. The Hall–Kier alpha value is -4.63. The number of hydrogen-bond donors (Lipinski definition) is 1. The normalized spacial score (nSPS) is 11.8. The Labute approximate surface area is 241 Å². The fourth-order valence-corrected chi connectivity index (χ4v) is 5.97. The van der Waals surface area contributed by atoms with Gasteiger partial charge in [-0.2, -0.15) is 0 Å². The van der Waals surface area contributed by atoms with E-state index in [1.54, 1.807) is 73.8 Å². The molecule has 0 bridgehead atoms. The molecular formula is C32H33N3O5S. The zero-order valence-electron chi connectivity index (χ0n) is 23.0. The van der Waals surface area contributed by atoms with Crippen molar-refractivity contribution in [1.29, 1.82) is 0 Å². The molecule has 4 aromatic carbocycles. The molecule has 1 atom stereocenters. The van der Waals surface area contributed by atoms with Gasteiger partial charge in [0.1, 0.15) is 18.3 Å². The van der Waals surface area contributed by atoms with Crippen LogP contribution in [0.3, 0.4) is 0 Å². The van der Waals surface area contributed by atoms with Gasteiger partial charge in [0.05, 0.1) is 17.7 Å². The van der Waals surface area contributed by atoms with Crippen molar-refractivity contribution < 1.29 is 22.7 Å². The molecule has 2 amide bonds. The van der Waals surface area contributed by atoms with Crippen molar-refractivity contribution in [3.63, 3.8) is 0 Å². The second-order valence-electron chi connectivity index (χ2n) is 9.35. The van der Waals surface area contributed by atoms with Crippen LogP contribution in [0.5, 0.6) is 5.75 Å². The van der Waals surface area contributed by atoms with Crippen molar-refractivity contribution >= 4 is 27.5 Å². The summed E-state index contributed by atoms with van der Waals surface area (Å²) in [5.41, 5.74) is 1.93. The third-order valence-electron chi connectivity index (χ3n) is 6.66. The van der Waals surface area contributed by atoms with E-state index >= 15 is 0 Å². The van der Waals surface area contributed by atoms with E-state index in [0.717, 1.165) is 15.4 Å². The van der Waals surface area contributed by atoms with Gasteiger partial charge in [0.2, 0.25) is 11.8 Å². The molecule has 0 unspecified atom stereocenters. The van der Waals surface area contributed by atoms with E-state index in [2.05, 4.69) is 5.32 Å². The highest BCUT2D eigenvalue weighted by atomic mass is 32.2. The van der Waals surface area contributed by atoms with Gasteiger partial charge in [0, 0.05) is 20.0 Å². The number of carbonyl (C=O) groups is 2. The van der Waals surface area contributed by atoms with Gasteiger partial charge < -0.3 is 15.0 Å². The maximum atomic E-state index is 14.2. The van der Waals surface area contributed by atoms with Crippen LogP contribution >= 0.6 is 0 Å². The molecule has 0 saturated heterocycles. The first-order chi connectivity index (χ1) is 19.8. The van der Waals surface area contributed by atoms with Crippen LogP contribution in [-0.2, 0) is 32.6 Å². The number of methoxy groups -OCH3 is 1. The summed E-state index contributed by atoms with van der Waals surface area (Å²) < 4.78 is 34.1. The van der Waals surface area contributed by atoms with Crippen LogP contribution in [0.15, 0.2) is 120 Å². The van der Waals surface area contributed by atoms with Crippen molar-refractivity contribution in [1.82, 2.24) is 10.2 Å². The number of ether oxygens (including phenoxy) is 1. The number of nitrogens with zero attached hydrogens (tertiary/aromatic N) is 2. The molecule has 9 heteroatoms. The molecule has 0 heterocycles. The SMILES string of the molecule is CNC(=O)[C@H](Cc1ccccc1)N(Cc1cccc(OC)c1)C(=O)CN(c1ccccc1)S(=O)(=O)c1ccccc1. The Morgan fingerprint density at radius 3 is 2.00 bits per heavy atom. The van der Waals surface area contributed by atoms with Crippen LogP contribution in [-0.4, -0.2) is 51.9 Å². The maximum Gasteiger partial charge on any atom is 0.264 e. The fourth-order valence-electron chi connectivity index (χ4n) is 4.53. The van der Waals surface area contributed by atoms with E-state index in [1.165, 1.54) is 24.1 Å². The summed E-state index contributed by atoms with van der Waals surface area (Å²) in [4.78, 5) is 29.0. The quantitative estimate of drug-likeness (QED) is 0.274. The van der Waals surface area contributed by atoms with E-state index < -0.39 is 28.5 Å². The lowest BCUT2D eigenvalue weighted by Gasteiger charge is -2.33. The van der Waals surface area contributed by atoms with Crippen LogP contribution in [0.1, 0.15) is 11.1 Å². The second-order valence-corrected chi connectivity index (χ2v) is 11.2. The van der Waals surface area contributed by atoms with Gasteiger partial charge in [-0.1, -0.05) is 78.9 Å². The number of benzene rings is 4. The number of amides is 2. The van der Waals surface area contributed by atoms with Crippen LogP contribution in [0, 0.1) is 0 Å². The predicted molar refractivity (Wildman–Crippen MR) is 159 cm³/mol. The molecule has 0 fully saturated rings. The Balaban J connectivity index is 1.77. The molecule has 4 aromatic rings. The van der Waals surface area contributed by atoms with Crippen molar-refractivity contribution in [2.75, 3.05) is 25.0 Å². The molecule has 0 radical (unpaired) electrons. The number of rotatable bonds is 12. The van der Waals surface area contributed by atoms with Crippen LogP contribution in [0.25, 0.3) is 0 Å². The van der Waals surface area contributed by atoms with Crippen LogP contribution in [0.2, 0.25) is 0 Å². The van der Waals surface area contributed by atoms with Gasteiger partial charge in [0.25, 0.3) is 10.0 Å². The zero-order valence-corrected chi connectivity index (χ0v) is 23.8. The molecule has 0 aliphatic heterocycles. The molecule has 0 aliphatic carbocycles. The Morgan fingerprint density at radius 2 is 1.39 bits per heavy atom. The van der Waals surface area contributed by atoms with Gasteiger partial charge in [-0.05, 0) is 47.5 Å². The third-order valence-corrected chi connectivity index (χ3v) is 8.45. The largest absolute Gasteiger partial charge is 0.497 e. The Bertz CT molecular complexity index is 1550. The van der Waals surface area contributed by atoms with Crippen molar-refractivity contribution in [3.05, 3.63) is 126 Å². The molecule has 41 heavy (non-hydrogen) atoms. The summed E-state index contributed by atoms with van der Waals surface area (Å²) in [5.74, 6) is -0.282. The number of hydrogen-bond acceptors (Lipinski definition) is 5. The summed E-state index contributed by atoms with van der Waals surface area (Å²) in [6, 6.07) is 32.2. The molecule has 8 nitrogen and oxygen atoms in total. The topological polar surface area (TPSA) is 96.0 Å². The highest BCUT2D eigenvalue weighted by Crippen LogP contribution is 2.25. The van der Waals surface area contributed by atoms with Gasteiger partial charge >= 0.3 is 0 Å². The number of para-hydroxylation sites is 1. The van der Waals surface area contributed by atoms with Gasteiger partial charge in [-0.15, -0.1) is 0 Å². The molecule has 0 saturated carbocycles. The van der Waals surface area contributed by atoms with Crippen molar-refractivity contribution in [3.8, 4) is 5.75 Å². The second kappa shape index (κ2) is 13.6. The Morgan fingerprint density at radius 1 is 0.805 bits per heavy atom. The summed E-state index contributed by atoms with van der Waals surface area (Å²) in [5, 5.41) is 2.68. The average molecular weight is 572 g/mol. The minimum atomic E-state index is -4.11. The number of nitrogens with one attached hydrogen (secondary N) is 1. The van der Waals surface area contributed by atoms with E-state index in [1.807, 2.05) is 36.4 Å². The smallest absolute Gasteiger partial charge is 0.264 e. The molecule has 212 valence electrons. The summed E-state index contributed by atoms with van der Waals surface area (Å²) in [6.07, 6.45) is 0.243. The van der Waals surface area contributed by atoms with Crippen molar-refractivity contribution in [2.24, 2.45) is 0 Å². The first-order valence-corrected chi connectivity index (χ1v) is 14.6. The lowest BCUT2D eigenvalue weighted by atomic mass is 10.0.